The van der Waals surface area contributed by atoms with Crippen molar-refractivity contribution in [3.8, 4) is 0 Å². The van der Waals surface area contributed by atoms with Crippen LogP contribution in [0.4, 0.5) is 21.5 Å². The van der Waals surface area contributed by atoms with Crippen molar-refractivity contribution in [2.45, 2.75) is 19.8 Å². The van der Waals surface area contributed by atoms with Crippen LogP contribution in [0.1, 0.15) is 18.9 Å². The molecule has 0 aromatic heterocycles. The molecule has 0 aliphatic heterocycles. The van der Waals surface area contributed by atoms with Gasteiger partial charge in [0.05, 0.1) is 11.4 Å². The third kappa shape index (κ3) is 2.80. The van der Waals surface area contributed by atoms with Crippen molar-refractivity contribution in [3.05, 3.63) is 53.8 Å². The van der Waals surface area contributed by atoms with Gasteiger partial charge < -0.3 is 11.1 Å². The third-order valence-corrected chi connectivity index (χ3v) is 2.82. The number of nitrogens with two attached hydrogens (primary N) is 1. The highest BCUT2D eigenvalue weighted by Gasteiger charge is 2.05. The highest BCUT2D eigenvalue weighted by molar-refractivity contribution is 5.73. The van der Waals surface area contributed by atoms with Crippen LogP contribution in [-0.2, 0) is 6.42 Å². The summed E-state index contributed by atoms with van der Waals surface area (Å²) in [5.74, 6) is -0.292. The number of anilines is 3. The molecule has 18 heavy (non-hydrogen) atoms. The number of rotatable bonds is 4. The van der Waals surface area contributed by atoms with Crippen molar-refractivity contribution in [1.82, 2.24) is 0 Å². The minimum Gasteiger partial charge on any atom is -0.397 e. The largest absolute Gasteiger partial charge is 0.397 e. The molecule has 0 saturated carbocycles. The van der Waals surface area contributed by atoms with Crippen LogP contribution in [0.2, 0.25) is 0 Å². The first-order valence-corrected chi connectivity index (χ1v) is 6.10. The van der Waals surface area contributed by atoms with Crippen molar-refractivity contribution in [3.63, 3.8) is 0 Å². The Morgan fingerprint density at radius 2 is 1.89 bits per heavy atom. The Balaban J connectivity index is 2.30. The molecule has 0 fully saturated rings. The minimum absolute atomic E-state index is 0.292. The predicted molar refractivity (Wildman–Crippen MR) is 74.5 cm³/mol. The molecule has 3 heteroatoms. The van der Waals surface area contributed by atoms with E-state index in [1.807, 2.05) is 18.2 Å². The lowest BCUT2D eigenvalue weighted by atomic mass is 10.1. The summed E-state index contributed by atoms with van der Waals surface area (Å²) in [6, 6.07) is 12.4. The van der Waals surface area contributed by atoms with E-state index in [4.69, 9.17) is 5.73 Å². The molecule has 0 aliphatic carbocycles. The summed E-state index contributed by atoms with van der Waals surface area (Å²) < 4.78 is 13.2. The number of hydrogen-bond donors (Lipinski definition) is 2. The van der Waals surface area contributed by atoms with E-state index in [1.165, 1.54) is 17.7 Å². The van der Waals surface area contributed by atoms with E-state index in [-0.39, 0.29) is 5.82 Å². The van der Waals surface area contributed by atoms with E-state index in [2.05, 4.69) is 18.3 Å². The average molecular weight is 244 g/mol. The summed E-state index contributed by atoms with van der Waals surface area (Å²) in [6.45, 7) is 2.13. The number of aryl methyl sites for hydroxylation is 1. The number of halogens is 1. The van der Waals surface area contributed by atoms with Gasteiger partial charge in [0.15, 0.2) is 0 Å². The molecule has 0 bridgehead atoms. The molecule has 2 aromatic carbocycles. The number of nitrogen functional groups attached to an aromatic ring is 1. The Morgan fingerprint density at radius 3 is 2.67 bits per heavy atom. The van der Waals surface area contributed by atoms with Crippen molar-refractivity contribution in [2.75, 3.05) is 11.1 Å². The average Bonchev–Trinajstić information content (AvgIpc) is 2.36. The summed E-state index contributed by atoms with van der Waals surface area (Å²) in [5.41, 5.74) is 9.18. The summed E-state index contributed by atoms with van der Waals surface area (Å²) in [7, 11) is 0. The van der Waals surface area contributed by atoms with E-state index in [0.717, 1.165) is 18.5 Å². The number of para-hydroxylation sites is 1. The smallest absolute Gasteiger partial charge is 0.125 e. The summed E-state index contributed by atoms with van der Waals surface area (Å²) >= 11 is 0. The van der Waals surface area contributed by atoms with Gasteiger partial charge in [0.2, 0.25) is 0 Å². The number of benzene rings is 2. The molecule has 2 nitrogen and oxygen atoms in total. The molecule has 0 aliphatic rings. The Hall–Kier alpha value is -2.03. The molecule has 2 aromatic rings. The zero-order chi connectivity index (χ0) is 13.0. The fourth-order valence-corrected chi connectivity index (χ4v) is 1.91. The SMILES string of the molecule is CCCc1ccccc1Nc1cc(F)ccc1N. The van der Waals surface area contributed by atoms with Crippen LogP contribution in [0.25, 0.3) is 0 Å². The second-order valence-electron chi connectivity index (χ2n) is 4.26. The fourth-order valence-electron chi connectivity index (χ4n) is 1.91. The first-order valence-electron chi connectivity index (χ1n) is 6.10. The standard InChI is InChI=1S/C15H17FN2/c1-2-5-11-6-3-4-7-14(11)18-15-10-12(16)8-9-13(15)17/h3-4,6-10,18H,2,5,17H2,1H3. The Bertz CT molecular complexity index is 538. The molecule has 2 rings (SSSR count). The second kappa shape index (κ2) is 5.54. The van der Waals surface area contributed by atoms with E-state index in [9.17, 15) is 4.39 Å². The molecule has 0 unspecified atom stereocenters. The summed E-state index contributed by atoms with van der Waals surface area (Å²) in [5, 5.41) is 3.20. The molecule has 0 radical (unpaired) electrons. The van der Waals surface area contributed by atoms with Gasteiger partial charge in [-0.1, -0.05) is 31.5 Å². The zero-order valence-corrected chi connectivity index (χ0v) is 10.4. The van der Waals surface area contributed by atoms with Gasteiger partial charge in [0.25, 0.3) is 0 Å². The number of nitrogens with one attached hydrogen (secondary N) is 1. The lowest BCUT2D eigenvalue weighted by Gasteiger charge is -2.13. The van der Waals surface area contributed by atoms with Crippen LogP contribution >= 0.6 is 0 Å². The van der Waals surface area contributed by atoms with Gasteiger partial charge in [-0.05, 0) is 36.2 Å². The highest BCUT2D eigenvalue weighted by atomic mass is 19.1. The molecule has 0 atom stereocenters. The Kier molecular flexibility index (Phi) is 3.82. The molecular formula is C15H17FN2. The van der Waals surface area contributed by atoms with Gasteiger partial charge in [-0.2, -0.15) is 0 Å². The van der Waals surface area contributed by atoms with E-state index >= 15 is 0 Å². The van der Waals surface area contributed by atoms with Gasteiger partial charge in [-0.3, -0.25) is 0 Å². The fraction of sp³-hybridized carbons (Fsp3) is 0.200. The minimum atomic E-state index is -0.292. The van der Waals surface area contributed by atoms with E-state index < -0.39 is 0 Å². The topological polar surface area (TPSA) is 38.0 Å². The summed E-state index contributed by atoms with van der Waals surface area (Å²) in [6.07, 6.45) is 2.05. The monoisotopic (exact) mass is 244 g/mol. The van der Waals surface area contributed by atoms with Crippen LogP contribution < -0.4 is 11.1 Å². The normalized spacial score (nSPS) is 10.3. The van der Waals surface area contributed by atoms with Crippen LogP contribution in [0.15, 0.2) is 42.5 Å². The molecule has 3 N–H and O–H groups in total. The molecule has 0 spiro atoms. The van der Waals surface area contributed by atoms with Crippen LogP contribution in [0, 0.1) is 5.82 Å². The zero-order valence-electron chi connectivity index (χ0n) is 10.4. The molecular weight excluding hydrogens is 227 g/mol. The maximum Gasteiger partial charge on any atom is 0.125 e. The second-order valence-corrected chi connectivity index (χ2v) is 4.26. The maximum atomic E-state index is 13.2. The summed E-state index contributed by atoms with van der Waals surface area (Å²) in [4.78, 5) is 0. The quantitative estimate of drug-likeness (QED) is 0.794. The lowest BCUT2D eigenvalue weighted by Crippen LogP contribution is -1.99. The van der Waals surface area contributed by atoms with Crippen molar-refractivity contribution in [1.29, 1.82) is 0 Å². The molecule has 0 saturated heterocycles. The van der Waals surface area contributed by atoms with Crippen LogP contribution in [0.5, 0.6) is 0 Å². The molecule has 0 heterocycles. The van der Waals surface area contributed by atoms with Gasteiger partial charge >= 0.3 is 0 Å². The van der Waals surface area contributed by atoms with Crippen LogP contribution in [0.3, 0.4) is 0 Å². The molecule has 94 valence electrons. The maximum absolute atomic E-state index is 13.2. The first-order chi connectivity index (χ1) is 8.70. The third-order valence-electron chi connectivity index (χ3n) is 2.82. The Labute approximate surface area is 107 Å². The van der Waals surface area contributed by atoms with Crippen molar-refractivity contribution >= 4 is 17.1 Å². The van der Waals surface area contributed by atoms with Gasteiger partial charge in [-0.15, -0.1) is 0 Å². The van der Waals surface area contributed by atoms with Gasteiger partial charge in [-0.25, -0.2) is 4.39 Å². The van der Waals surface area contributed by atoms with Gasteiger partial charge in [0.1, 0.15) is 5.82 Å². The predicted octanol–water partition coefficient (Wildman–Crippen LogP) is 4.10. The van der Waals surface area contributed by atoms with E-state index in [0.29, 0.717) is 11.4 Å². The van der Waals surface area contributed by atoms with Crippen molar-refractivity contribution in [2.24, 2.45) is 0 Å². The molecule has 0 amide bonds. The van der Waals surface area contributed by atoms with E-state index in [1.54, 1.807) is 6.07 Å². The Morgan fingerprint density at radius 1 is 1.11 bits per heavy atom. The van der Waals surface area contributed by atoms with Crippen molar-refractivity contribution < 1.29 is 4.39 Å². The number of hydrogen-bond acceptors (Lipinski definition) is 2. The van der Waals surface area contributed by atoms with Crippen LogP contribution in [-0.4, -0.2) is 0 Å². The lowest BCUT2D eigenvalue weighted by molar-refractivity contribution is 0.628. The first kappa shape index (κ1) is 12.4. The highest BCUT2D eigenvalue weighted by Crippen LogP contribution is 2.26. The van der Waals surface area contributed by atoms with Gasteiger partial charge in [0, 0.05) is 5.69 Å².